The summed E-state index contributed by atoms with van der Waals surface area (Å²) in [6.07, 6.45) is 0. The Bertz CT molecular complexity index is 993. The number of anilines is 2. The number of methoxy groups -OCH3 is 1. The van der Waals surface area contributed by atoms with Crippen LogP contribution in [0.2, 0.25) is 5.02 Å². The fourth-order valence-corrected chi connectivity index (χ4v) is 3.35. The smallest absolute Gasteiger partial charge is 0.263 e. The molecular weight excluding hydrogens is 398 g/mol. The van der Waals surface area contributed by atoms with Gasteiger partial charge in [0.25, 0.3) is 11.8 Å². The molecule has 29 heavy (non-hydrogen) atoms. The molecule has 2 aliphatic heterocycles. The maximum absolute atomic E-state index is 12.9. The van der Waals surface area contributed by atoms with E-state index in [-0.39, 0.29) is 12.5 Å². The van der Waals surface area contributed by atoms with Gasteiger partial charge in [0.1, 0.15) is 12.3 Å². The number of carbonyl (C=O) groups is 3. The maximum atomic E-state index is 12.9. The molecule has 3 amide bonds. The van der Waals surface area contributed by atoms with E-state index in [1.165, 1.54) is 5.01 Å². The third-order valence-electron chi connectivity index (χ3n) is 4.62. The lowest BCUT2D eigenvalue weighted by atomic mass is 10.1. The van der Waals surface area contributed by atoms with Gasteiger partial charge in [0, 0.05) is 10.7 Å². The van der Waals surface area contributed by atoms with Crippen molar-refractivity contribution < 1.29 is 19.1 Å². The predicted octanol–water partition coefficient (Wildman–Crippen LogP) is 2.28. The molecule has 0 aliphatic carbocycles. The minimum absolute atomic E-state index is 0.218. The lowest BCUT2D eigenvalue weighted by Gasteiger charge is -2.20. The van der Waals surface area contributed by atoms with Gasteiger partial charge in [-0.3, -0.25) is 19.4 Å². The van der Waals surface area contributed by atoms with Gasteiger partial charge in [-0.15, -0.1) is 0 Å². The normalized spacial score (nSPS) is 20.2. The molecule has 1 N–H and O–H groups in total. The second-order valence-electron chi connectivity index (χ2n) is 6.46. The number of ether oxygens (including phenoxy) is 1. The van der Waals surface area contributed by atoms with Crippen molar-refractivity contribution in [1.29, 1.82) is 0 Å². The van der Waals surface area contributed by atoms with Crippen LogP contribution in [0.5, 0.6) is 5.75 Å². The third kappa shape index (κ3) is 3.52. The molecule has 2 aliphatic rings. The van der Waals surface area contributed by atoms with Crippen molar-refractivity contribution in [2.45, 2.75) is 12.1 Å². The number of hydrogen-bond donors (Lipinski definition) is 1. The summed E-state index contributed by atoms with van der Waals surface area (Å²) in [5.41, 5.74) is 0.969. The lowest BCUT2D eigenvalue weighted by molar-refractivity contribution is -0.123. The molecule has 0 spiro atoms. The Kier molecular flexibility index (Phi) is 4.89. The molecule has 0 radical (unpaired) electrons. The molecule has 1 saturated heterocycles. The van der Waals surface area contributed by atoms with Crippen molar-refractivity contribution in [3.63, 3.8) is 0 Å². The largest absolute Gasteiger partial charge is 0.497 e. The van der Waals surface area contributed by atoms with Gasteiger partial charge >= 0.3 is 0 Å². The zero-order valence-corrected chi connectivity index (χ0v) is 16.0. The van der Waals surface area contributed by atoms with E-state index in [9.17, 15) is 14.4 Å². The first-order valence-electron chi connectivity index (χ1n) is 8.72. The number of fused-ring (bicyclic) bond motifs is 1. The quantitative estimate of drug-likeness (QED) is 0.757. The van der Waals surface area contributed by atoms with Gasteiger partial charge in [0.15, 0.2) is 12.1 Å². The summed E-state index contributed by atoms with van der Waals surface area (Å²) in [7, 11) is 1.55. The second-order valence-corrected chi connectivity index (χ2v) is 6.89. The van der Waals surface area contributed by atoms with E-state index in [2.05, 4.69) is 15.7 Å². The van der Waals surface area contributed by atoms with E-state index in [4.69, 9.17) is 16.3 Å². The van der Waals surface area contributed by atoms with Crippen molar-refractivity contribution >= 4 is 40.7 Å². The highest BCUT2D eigenvalue weighted by atomic mass is 35.5. The molecule has 0 bridgehead atoms. The van der Waals surface area contributed by atoms with Crippen LogP contribution in [0.3, 0.4) is 0 Å². The van der Waals surface area contributed by atoms with Crippen molar-refractivity contribution in [2.24, 2.45) is 10.3 Å². The van der Waals surface area contributed by atoms with Crippen LogP contribution in [0.15, 0.2) is 58.9 Å². The minimum Gasteiger partial charge on any atom is -0.497 e. The van der Waals surface area contributed by atoms with Crippen LogP contribution in [-0.4, -0.2) is 48.5 Å². The number of nitrogens with zero attached hydrogens (tertiary/aromatic N) is 4. The molecule has 2 heterocycles. The van der Waals surface area contributed by atoms with Crippen LogP contribution in [0, 0.1) is 0 Å². The van der Waals surface area contributed by atoms with Crippen LogP contribution in [0.1, 0.15) is 0 Å². The van der Waals surface area contributed by atoms with E-state index >= 15 is 0 Å². The van der Waals surface area contributed by atoms with E-state index in [0.29, 0.717) is 22.1 Å². The van der Waals surface area contributed by atoms with E-state index < -0.39 is 23.9 Å². The monoisotopic (exact) mass is 413 g/mol. The van der Waals surface area contributed by atoms with Gasteiger partial charge in [-0.25, -0.2) is 4.90 Å². The molecule has 148 valence electrons. The second kappa shape index (κ2) is 7.51. The molecule has 9 nitrogen and oxygen atoms in total. The standard InChI is InChI=1S/C19H16ClN5O4/c1-29-14-8-4-12(5-9-14)21-15(26)10-24-17-16(22-23-24)18(27)25(19(17)28)13-6-2-11(20)3-7-13/h2-9,16-17H,10H2,1H3,(H,21,26)/t16-,17-/m1/s1. The van der Waals surface area contributed by atoms with Crippen LogP contribution in [-0.2, 0) is 14.4 Å². The number of halogens is 1. The summed E-state index contributed by atoms with van der Waals surface area (Å²) in [4.78, 5) is 38.9. The van der Waals surface area contributed by atoms with Crippen LogP contribution in [0.4, 0.5) is 11.4 Å². The molecule has 2 aromatic rings. The molecule has 0 unspecified atom stereocenters. The molecule has 0 aromatic heterocycles. The number of imide groups is 1. The first-order valence-corrected chi connectivity index (χ1v) is 9.10. The molecule has 2 aromatic carbocycles. The molecule has 4 rings (SSSR count). The van der Waals surface area contributed by atoms with Crippen LogP contribution < -0.4 is 15.0 Å². The number of benzene rings is 2. The summed E-state index contributed by atoms with van der Waals surface area (Å²) >= 11 is 5.87. The Morgan fingerprint density at radius 2 is 1.79 bits per heavy atom. The molecule has 0 saturated carbocycles. The maximum Gasteiger partial charge on any atom is 0.263 e. The summed E-state index contributed by atoms with van der Waals surface area (Å²) in [6.45, 7) is -0.218. The van der Waals surface area contributed by atoms with Gasteiger partial charge in [0.05, 0.1) is 12.8 Å². The number of hydrogen-bond acceptors (Lipinski definition) is 7. The van der Waals surface area contributed by atoms with E-state index in [0.717, 1.165) is 4.90 Å². The highest BCUT2D eigenvalue weighted by Gasteiger charge is 2.55. The average molecular weight is 414 g/mol. The van der Waals surface area contributed by atoms with Crippen LogP contribution >= 0.6 is 11.6 Å². The Labute approximate surface area is 170 Å². The summed E-state index contributed by atoms with van der Waals surface area (Å²) in [6, 6.07) is 11.2. The minimum atomic E-state index is -0.966. The number of amides is 3. The average Bonchev–Trinajstić information content (AvgIpc) is 3.23. The Morgan fingerprint density at radius 3 is 2.45 bits per heavy atom. The molecule has 2 atom stereocenters. The van der Waals surface area contributed by atoms with E-state index in [1.807, 2.05) is 0 Å². The fourth-order valence-electron chi connectivity index (χ4n) is 3.22. The molecular formula is C19H16ClN5O4. The Balaban J connectivity index is 1.45. The van der Waals surface area contributed by atoms with Gasteiger partial charge in [-0.1, -0.05) is 16.8 Å². The van der Waals surface area contributed by atoms with E-state index in [1.54, 1.807) is 55.6 Å². The van der Waals surface area contributed by atoms with Gasteiger partial charge < -0.3 is 10.1 Å². The van der Waals surface area contributed by atoms with Crippen molar-refractivity contribution in [1.82, 2.24) is 5.01 Å². The Morgan fingerprint density at radius 1 is 1.10 bits per heavy atom. The van der Waals surface area contributed by atoms with Gasteiger partial charge in [-0.05, 0) is 48.5 Å². The highest BCUT2D eigenvalue weighted by Crippen LogP contribution is 2.32. The third-order valence-corrected chi connectivity index (χ3v) is 4.87. The van der Waals surface area contributed by atoms with Crippen LogP contribution in [0.25, 0.3) is 0 Å². The predicted molar refractivity (Wildman–Crippen MR) is 105 cm³/mol. The topological polar surface area (TPSA) is 104 Å². The lowest BCUT2D eigenvalue weighted by Crippen LogP contribution is -2.43. The zero-order chi connectivity index (χ0) is 20.5. The summed E-state index contributed by atoms with van der Waals surface area (Å²) in [5, 5.41) is 12.2. The highest BCUT2D eigenvalue weighted by molar-refractivity contribution is 6.31. The Hall–Kier alpha value is -3.46. The number of nitrogens with one attached hydrogen (secondary N) is 1. The molecule has 1 fully saturated rings. The van der Waals surface area contributed by atoms with Gasteiger partial charge in [0.2, 0.25) is 5.91 Å². The summed E-state index contributed by atoms with van der Waals surface area (Å²) < 4.78 is 5.07. The number of carbonyl (C=O) groups excluding carboxylic acids is 3. The first-order chi connectivity index (χ1) is 14.0. The summed E-state index contributed by atoms with van der Waals surface area (Å²) in [5.74, 6) is -0.690. The first kappa shape index (κ1) is 18.9. The SMILES string of the molecule is COc1ccc(NC(=O)CN2N=N[C@H]3C(=O)N(c4ccc(Cl)cc4)C(=O)[C@@H]32)cc1. The number of rotatable bonds is 5. The zero-order valence-electron chi connectivity index (χ0n) is 15.3. The fraction of sp³-hybridized carbons (Fsp3) is 0.211. The van der Waals surface area contributed by atoms with Crippen molar-refractivity contribution in [2.75, 3.05) is 23.9 Å². The van der Waals surface area contributed by atoms with Gasteiger partial charge in [-0.2, -0.15) is 5.11 Å². The van der Waals surface area contributed by atoms with Crippen molar-refractivity contribution in [3.05, 3.63) is 53.6 Å². The molecule has 10 heteroatoms. The van der Waals surface area contributed by atoms with Crippen molar-refractivity contribution in [3.8, 4) is 5.75 Å².